The minimum atomic E-state index is 0.500. The predicted molar refractivity (Wildman–Crippen MR) is 89.9 cm³/mol. The molecule has 1 unspecified atom stereocenters. The first-order valence-corrected chi connectivity index (χ1v) is 8.13. The SMILES string of the molecule is Cc1ccc(N(C)C(COI)C2CCCCC2)cc1. The van der Waals surface area contributed by atoms with Crippen molar-refractivity contribution in [2.75, 3.05) is 18.6 Å². The second kappa shape index (κ2) is 7.48. The van der Waals surface area contributed by atoms with Crippen LogP contribution in [0.4, 0.5) is 5.69 Å². The van der Waals surface area contributed by atoms with Crippen LogP contribution in [-0.4, -0.2) is 19.7 Å². The van der Waals surface area contributed by atoms with Crippen molar-refractivity contribution in [1.29, 1.82) is 0 Å². The Morgan fingerprint density at radius 1 is 1.21 bits per heavy atom. The summed E-state index contributed by atoms with van der Waals surface area (Å²) in [6.45, 7) is 2.95. The molecule has 0 spiro atoms. The maximum absolute atomic E-state index is 5.45. The minimum Gasteiger partial charge on any atom is -0.369 e. The number of nitrogens with zero attached hydrogens (tertiary/aromatic N) is 1. The van der Waals surface area contributed by atoms with Gasteiger partial charge in [-0.1, -0.05) is 37.0 Å². The molecule has 1 fully saturated rings. The van der Waals surface area contributed by atoms with E-state index in [-0.39, 0.29) is 0 Å². The van der Waals surface area contributed by atoms with Gasteiger partial charge in [0.05, 0.1) is 12.6 Å². The first-order chi connectivity index (χ1) is 9.22. The highest BCUT2D eigenvalue weighted by molar-refractivity contribution is 14.1. The Morgan fingerprint density at radius 2 is 1.84 bits per heavy atom. The van der Waals surface area contributed by atoms with E-state index in [1.165, 1.54) is 43.4 Å². The maximum atomic E-state index is 5.45. The van der Waals surface area contributed by atoms with Crippen LogP contribution in [0.25, 0.3) is 0 Å². The summed E-state index contributed by atoms with van der Waals surface area (Å²) in [5.74, 6) is 0.773. The Bertz CT molecular complexity index is 373. The van der Waals surface area contributed by atoms with Gasteiger partial charge >= 0.3 is 0 Å². The van der Waals surface area contributed by atoms with E-state index in [9.17, 15) is 0 Å². The van der Waals surface area contributed by atoms with Gasteiger partial charge in [-0.05, 0) is 37.8 Å². The van der Waals surface area contributed by atoms with E-state index >= 15 is 0 Å². The molecule has 19 heavy (non-hydrogen) atoms. The molecule has 0 radical (unpaired) electrons. The number of benzene rings is 1. The number of hydrogen-bond acceptors (Lipinski definition) is 2. The molecule has 3 heteroatoms. The lowest BCUT2D eigenvalue weighted by molar-refractivity contribution is 0.244. The third kappa shape index (κ3) is 4.09. The van der Waals surface area contributed by atoms with E-state index in [1.807, 2.05) is 23.0 Å². The molecular weight excluding hydrogens is 349 g/mol. The Morgan fingerprint density at radius 3 is 2.42 bits per heavy atom. The molecule has 0 heterocycles. The van der Waals surface area contributed by atoms with Gasteiger partial charge < -0.3 is 7.97 Å². The van der Waals surface area contributed by atoms with Crippen molar-refractivity contribution in [2.45, 2.75) is 45.1 Å². The van der Waals surface area contributed by atoms with Crippen molar-refractivity contribution in [3.05, 3.63) is 29.8 Å². The molecular formula is C16H24INO. The fourth-order valence-electron chi connectivity index (χ4n) is 3.12. The molecule has 0 aliphatic heterocycles. The topological polar surface area (TPSA) is 12.5 Å². The average molecular weight is 373 g/mol. The van der Waals surface area contributed by atoms with E-state index < -0.39 is 0 Å². The quantitative estimate of drug-likeness (QED) is 0.691. The molecule has 2 rings (SSSR count). The standard InChI is InChI=1S/C16H24INO/c1-13-8-10-15(11-9-13)18(2)16(12-19-17)14-6-4-3-5-7-14/h8-11,14,16H,3-7,12H2,1-2H3. The second-order valence-electron chi connectivity index (χ2n) is 5.69. The smallest absolute Gasteiger partial charge is 0.109 e. The molecule has 0 N–H and O–H groups in total. The van der Waals surface area contributed by atoms with Crippen LogP contribution in [0.5, 0.6) is 0 Å². The fourth-order valence-corrected chi connectivity index (χ4v) is 3.49. The lowest BCUT2D eigenvalue weighted by Crippen LogP contribution is -2.42. The molecule has 1 aromatic rings. The molecule has 0 amide bonds. The first-order valence-electron chi connectivity index (χ1n) is 7.25. The maximum Gasteiger partial charge on any atom is 0.109 e. The van der Waals surface area contributed by atoms with Gasteiger partial charge in [-0.3, -0.25) is 0 Å². The predicted octanol–water partition coefficient (Wildman–Crippen LogP) is 4.75. The first kappa shape index (κ1) is 15.1. The summed E-state index contributed by atoms with van der Waals surface area (Å²) >= 11 is 2.03. The molecule has 1 atom stereocenters. The lowest BCUT2D eigenvalue weighted by Gasteiger charge is -2.37. The highest BCUT2D eigenvalue weighted by atomic mass is 127. The third-order valence-electron chi connectivity index (χ3n) is 4.37. The van der Waals surface area contributed by atoms with Gasteiger partial charge in [-0.15, -0.1) is 0 Å². The van der Waals surface area contributed by atoms with E-state index in [1.54, 1.807) is 0 Å². The zero-order valence-corrected chi connectivity index (χ0v) is 14.1. The molecule has 1 aliphatic rings. The monoisotopic (exact) mass is 373 g/mol. The fraction of sp³-hybridized carbons (Fsp3) is 0.625. The molecule has 106 valence electrons. The average Bonchev–Trinajstić information content (AvgIpc) is 2.46. The van der Waals surface area contributed by atoms with E-state index in [2.05, 4.69) is 43.1 Å². The number of halogens is 1. The Balaban J connectivity index is 2.10. The van der Waals surface area contributed by atoms with Crippen LogP contribution >= 0.6 is 23.0 Å². The highest BCUT2D eigenvalue weighted by Gasteiger charge is 2.27. The Kier molecular flexibility index (Phi) is 5.95. The van der Waals surface area contributed by atoms with Gasteiger partial charge in [0.25, 0.3) is 0 Å². The summed E-state index contributed by atoms with van der Waals surface area (Å²) in [5.41, 5.74) is 2.62. The summed E-state index contributed by atoms with van der Waals surface area (Å²) in [4.78, 5) is 2.41. The van der Waals surface area contributed by atoms with Crippen LogP contribution in [0, 0.1) is 12.8 Å². The van der Waals surface area contributed by atoms with Gasteiger partial charge in [0.2, 0.25) is 0 Å². The number of aryl methyl sites for hydroxylation is 1. The van der Waals surface area contributed by atoms with Crippen molar-refractivity contribution < 1.29 is 3.07 Å². The van der Waals surface area contributed by atoms with Crippen LogP contribution < -0.4 is 4.90 Å². The van der Waals surface area contributed by atoms with Crippen LogP contribution in [0.15, 0.2) is 24.3 Å². The summed E-state index contributed by atoms with van der Waals surface area (Å²) in [6, 6.07) is 9.32. The summed E-state index contributed by atoms with van der Waals surface area (Å²) in [5, 5.41) is 0. The molecule has 0 saturated heterocycles. The number of anilines is 1. The summed E-state index contributed by atoms with van der Waals surface area (Å²) < 4.78 is 5.45. The van der Waals surface area contributed by atoms with E-state index in [0.29, 0.717) is 6.04 Å². The number of rotatable bonds is 5. The van der Waals surface area contributed by atoms with Gasteiger partial charge in [0.1, 0.15) is 23.0 Å². The van der Waals surface area contributed by atoms with Crippen LogP contribution in [0.1, 0.15) is 37.7 Å². The van der Waals surface area contributed by atoms with Crippen LogP contribution in [-0.2, 0) is 3.07 Å². The van der Waals surface area contributed by atoms with E-state index in [4.69, 9.17) is 3.07 Å². The van der Waals surface area contributed by atoms with Gasteiger partial charge in [0, 0.05) is 12.7 Å². The van der Waals surface area contributed by atoms with Gasteiger partial charge in [0.15, 0.2) is 0 Å². The Hall–Kier alpha value is -0.290. The van der Waals surface area contributed by atoms with Crippen molar-refractivity contribution in [2.24, 2.45) is 5.92 Å². The molecule has 0 aromatic heterocycles. The molecule has 2 nitrogen and oxygen atoms in total. The molecule has 1 aromatic carbocycles. The minimum absolute atomic E-state index is 0.500. The van der Waals surface area contributed by atoms with E-state index in [0.717, 1.165) is 12.5 Å². The van der Waals surface area contributed by atoms with Crippen molar-refractivity contribution in [1.82, 2.24) is 0 Å². The lowest BCUT2D eigenvalue weighted by atomic mass is 9.83. The summed E-state index contributed by atoms with van der Waals surface area (Å²) in [6.07, 6.45) is 6.86. The van der Waals surface area contributed by atoms with Crippen LogP contribution in [0.3, 0.4) is 0 Å². The number of likely N-dealkylation sites (N-methyl/N-ethyl adjacent to an activating group) is 1. The second-order valence-corrected chi connectivity index (χ2v) is 6.31. The molecule has 1 aliphatic carbocycles. The van der Waals surface area contributed by atoms with Crippen LogP contribution in [0.2, 0.25) is 0 Å². The largest absolute Gasteiger partial charge is 0.369 e. The summed E-state index contributed by atoms with van der Waals surface area (Å²) in [7, 11) is 2.21. The third-order valence-corrected chi connectivity index (χ3v) is 4.73. The normalized spacial score (nSPS) is 18.3. The van der Waals surface area contributed by atoms with Gasteiger partial charge in [-0.25, -0.2) is 0 Å². The zero-order chi connectivity index (χ0) is 13.7. The molecule has 0 bridgehead atoms. The van der Waals surface area contributed by atoms with Crippen molar-refractivity contribution in [3.63, 3.8) is 0 Å². The molecule has 1 saturated carbocycles. The Labute approximate surface area is 131 Å². The number of hydrogen-bond donors (Lipinski definition) is 0. The van der Waals surface area contributed by atoms with Gasteiger partial charge in [-0.2, -0.15) is 0 Å². The van der Waals surface area contributed by atoms with Crippen molar-refractivity contribution in [3.8, 4) is 0 Å². The van der Waals surface area contributed by atoms with Crippen molar-refractivity contribution >= 4 is 28.7 Å². The highest BCUT2D eigenvalue weighted by Crippen LogP contribution is 2.31. The zero-order valence-electron chi connectivity index (χ0n) is 11.9.